The molecule has 2 N–H and O–H groups in total. The fourth-order valence-electron chi connectivity index (χ4n) is 1.66. The van der Waals surface area contributed by atoms with Crippen LogP contribution in [0.5, 0.6) is 0 Å². The van der Waals surface area contributed by atoms with Crippen molar-refractivity contribution in [2.45, 2.75) is 27.3 Å². The Morgan fingerprint density at radius 2 is 2.06 bits per heavy atom. The molecule has 1 aromatic heterocycles. The van der Waals surface area contributed by atoms with Crippen molar-refractivity contribution in [1.29, 1.82) is 0 Å². The zero-order valence-electron chi connectivity index (χ0n) is 9.70. The van der Waals surface area contributed by atoms with E-state index in [4.69, 9.17) is 5.11 Å². The molecule has 5 nitrogen and oxygen atoms in total. The molecule has 1 amide bonds. The van der Waals surface area contributed by atoms with E-state index in [-0.39, 0.29) is 18.0 Å². The van der Waals surface area contributed by atoms with E-state index < -0.39 is 5.97 Å². The summed E-state index contributed by atoms with van der Waals surface area (Å²) in [5.74, 6) is -1.07. The number of hydrogen-bond donors (Lipinski definition) is 2. The van der Waals surface area contributed by atoms with Crippen LogP contribution in [-0.2, 0) is 11.3 Å². The second-order valence-electron chi connectivity index (χ2n) is 3.63. The van der Waals surface area contributed by atoms with E-state index in [0.29, 0.717) is 12.2 Å². The second-order valence-corrected chi connectivity index (χ2v) is 3.63. The fourth-order valence-corrected chi connectivity index (χ4v) is 1.66. The molecule has 0 saturated carbocycles. The van der Waals surface area contributed by atoms with Crippen LogP contribution in [0.1, 0.15) is 28.7 Å². The molecule has 1 heterocycles. The molecule has 1 rings (SSSR count). The summed E-state index contributed by atoms with van der Waals surface area (Å²) in [7, 11) is 0. The van der Waals surface area contributed by atoms with Crippen LogP contribution in [-0.4, -0.2) is 28.1 Å². The number of aromatic carboxylic acids is 1. The van der Waals surface area contributed by atoms with Crippen molar-refractivity contribution in [1.82, 2.24) is 9.88 Å². The molecule has 0 unspecified atom stereocenters. The normalized spacial score (nSPS) is 10.2. The van der Waals surface area contributed by atoms with E-state index in [2.05, 4.69) is 5.32 Å². The number of nitrogens with one attached hydrogen (secondary N) is 1. The molecule has 16 heavy (non-hydrogen) atoms. The number of likely N-dealkylation sites (N-methyl/N-ethyl adjacent to an activating group) is 1. The van der Waals surface area contributed by atoms with Gasteiger partial charge in [0.15, 0.2) is 0 Å². The Labute approximate surface area is 94.1 Å². The van der Waals surface area contributed by atoms with Gasteiger partial charge in [-0.15, -0.1) is 0 Å². The maximum Gasteiger partial charge on any atom is 0.337 e. The molecule has 0 radical (unpaired) electrons. The molecule has 88 valence electrons. The van der Waals surface area contributed by atoms with Crippen LogP contribution in [0, 0.1) is 13.8 Å². The van der Waals surface area contributed by atoms with Crippen LogP contribution in [0.15, 0.2) is 6.07 Å². The molecular formula is C11H16N2O3. The standard InChI is InChI=1S/C11H16N2O3/c1-4-12-10(14)6-13-7(2)5-9(8(13)3)11(15)16/h5H,4,6H2,1-3H3,(H,12,14)(H,15,16). The Morgan fingerprint density at radius 3 is 2.50 bits per heavy atom. The highest BCUT2D eigenvalue weighted by molar-refractivity contribution is 5.89. The molecule has 5 heteroatoms. The van der Waals surface area contributed by atoms with Gasteiger partial charge < -0.3 is 15.0 Å². The number of aromatic nitrogens is 1. The van der Waals surface area contributed by atoms with E-state index in [1.54, 1.807) is 24.5 Å². The lowest BCUT2D eigenvalue weighted by molar-refractivity contribution is -0.121. The summed E-state index contributed by atoms with van der Waals surface area (Å²) in [5, 5.41) is 11.6. The van der Waals surface area contributed by atoms with Crippen LogP contribution >= 0.6 is 0 Å². The van der Waals surface area contributed by atoms with E-state index in [9.17, 15) is 9.59 Å². The molecule has 0 bridgehead atoms. The topological polar surface area (TPSA) is 71.3 Å². The summed E-state index contributed by atoms with van der Waals surface area (Å²) in [5.41, 5.74) is 1.64. The Morgan fingerprint density at radius 1 is 1.44 bits per heavy atom. The van der Waals surface area contributed by atoms with Gasteiger partial charge in [-0.1, -0.05) is 0 Å². The predicted molar refractivity (Wildman–Crippen MR) is 59.5 cm³/mol. The molecule has 0 atom stereocenters. The molecule has 0 spiro atoms. The summed E-state index contributed by atoms with van der Waals surface area (Å²) in [6.07, 6.45) is 0. The highest BCUT2D eigenvalue weighted by Crippen LogP contribution is 2.14. The number of carboxylic acid groups (broad SMARTS) is 1. The summed E-state index contributed by atoms with van der Waals surface area (Å²) >= 11 is 0. The van der Waals surface area contributed by atoms with Gasteiger partial charge in [0.2, 0.25) is 5.91 Å². The van der Waals surface area contributed by atoms with Crippen molar-refractivity contribution >= 4 is 11.9 Å². The van der Waals surface area contributed by atoms with Gasteiger partial charge >= 0.3 is 5.97 Å². The molecular weight excluding hydrogens is 208 g/mol. The van der Waals surface area contributed by atoms with Gasteiger partial charge in [0.1, 0.15) is 6.54 Å². The maximum absolute atomic E-state index is 11.4. The van der Waals surface area contributed by atoms with Crippen molar-refractivity contribution in [3.63, 3.8) is 0 Å². The van der Waals surface area contributed by atoms with Crippen molar-refractivity contribution in [2.75, 3.05) is 6.54 Å². The lowest BCUT2D eigenvalue weighted by Crippen LogP contribution is -2.27. The number of rotatable bonds is 4. The summed E-state index contributed by atoms with van der Waals surface area (Å²) < 4.78 is 1.70. The molecule has 1 aromatic rings. The van der Waals surface area contributed by atoms with Crippen molar-refractivity contribution in [2.24, 2.45) is 0 Å². The van der Waals surface area contributed by atoms with E-state index in [1.165, 1.54) is 0 Å². The maximum atomic E-state index is 11.4. The van der Waals surface area contributed by atoms with Gasteiger partial charge in [0, 0.05) is 17.9 Å². The van der Waals surface area contributed by atoms with E-state index in [1.807, 2.05) is 6.92 Å². The van der Waals surface area contributed by atoms with Gasteiger partial charge in [-0.3, -0.25) is 4.79 Å². The van der Waals surface area contributed by atoms with Crippen LogP contribution in [0.3, 0.4) is 0 Å². The number of nitrogens with zero attached hydrogens (tertiary/aromatic N) is 1. The SMILES string of the molecule is CCNC(=O)Cn1c(C)cc(C(=O)O)c1C. The number of aryl methyl sites for hydroxylation is 1. The number of hydrogen-bond acceptors (Lipinski definition) is 2. The van der Waals surface area contributed by atoms with Gasteiger partial charge in [0.25, 0.3) is 0 Å². The molecule has 0 aliphatic heterocycles. The fraction of sp³-hybridized carbons (Fsp3) is 0.455. The minimum absolute atomic E-state index is 0.110. The number of carboxylic acids is 1. The third-order valence-electron chi connectivity index (χ3n) is 2.48. The third-order valence-corrected chi connectivity index (χ3v) is 2.48. The monoisotopic (exact) mass is 224 g/mol. The first-order valence-electron chi connectivity index (χ1n) is 5.14. The predicted octanol–water partition coefficient (Wildman–Crippen LogP) is 0.939. The lowest BCUT2D eigenvalue weighted by atomic mass is 10.2. The number of carbonyl (C=O) groups excluding carboxylic acids is 1. The average molecular weight is 224 g/mol. The molecule has 0 aliphatic rings. The van der Waals surface area contributed by atoms with Gasteiger partial charge in [0.05, 0.1) is 5.56 Å². The van der Waals surface area contributed by atoms with Gasteiger partial charge in [-0.25, -0.2) is 4.79 Å². The van der Waals surface area contributed by atoms with Crippen molar-refractivity contribution in [3.05, 3.63) is 23.0 Å². The largest absolute Gasteiger partial charge is 0.478 e. The van der Waals surface area contributed by atoms with Gasteiger partial charge in [-0.05, 0) is 26.8 Å². The Hall–Kier alpha value is -1.78. The highest BCUT2D eigenvalue weighted by Gasteiger charge is 2.15. The smallest absolute Gasteiger partial charge is 0.337 e. The third kappa shape index (κ3) is 2.42. The Bertz CT molecular complexity index is 421. The van der Waals surface area contributed by atoms with Gasteiger partial charge in [-0.2, -0.15) is 0 Å². The first kappa shape index (κ1) is 12.3. The minimum atomic E-state index is -0.963. The quantitative estimate of drug-likeness (QED) is 0.799. The average Bonchev–Trinajstić information content (AvgIpc) is 2.46. The highest BCUT2D eigenvalue weighted by atomic mass is 16.4. The summed E-state index contributed by atoms with van der Waals surface area (Å²) in [4.78, 5) is 22.3. The molecule has 0 saturated heterocycles. The van der Waals surface area contributed by atoms with Crippen LogP contribution in [0.2, 0.25) is 0 Å². The van der Waals surface area contributed by atoms with Crippen LogP contribution in [0.25, 0.3) is 0 Å². The second kappa shape index (κ2) is 4.83. The van der Waals surface area contributed by atoms with Crippen molar-refractivity contribution < 1.29 is 14.7 Å². The molecule has 0 aliphatic carbocycles. The van der Waals surface area contributed by atoms with E-state index >= 15 is 0 Å². The lowest BCUT2D eigenvalue weighted by Gasteiger charge is -2.08. The Kier molecular flexibility index (Phi) is 3.71. The first-order valence-corrected chi connectivity index (χ1v) is 5.14. The molecule has 0 fully saturated rings. The first-order chi connectivity index (χ1) is 7.47. The Balaban J connectivity index is 2.96. The summed E-state index contributed by atoms with van der Waals surface area (Å²) in [6.45, 7) is 6.08. The zero-order chi connectivity index (χ0) is 12.3. The number of amides is 1. The molecule has 0 aromatic carbocycles. The summed E-state index contributed by atoms with van der Waals surface area (Å²) in [6, 6.07) is 1.58. The van der Waals surface area contributed by atoms with Crippen LogP contribution in [0.4, 0.5) is 0 Å². The van der Waals surface area contributed by atoms with Crippen molar-refractivity contribution in [3.8, 4) is 0 Å². The minimum Gasteiger partial charge on any atom is -0.478 e. The van der Waals surface area contributed by atoms with Crippen LogP contribution < -0.4 is 5.32 Å². The number of carbonyl (C=O) groups is 2. The van der Waals surface area contributed by atoms with E-state index in [0.717, 1.165) is 5.69 Å². The zero-order valence-corrected chi connectivity index (χ0v) is 9.70.